The number of nitrogens with zero attached hydrogens (tertiary/aromatic N) is 2. The number of hydrogen-bond donors (Lipinski definition) is 0. The van der Waals surface area contributed by atoms with Crippen LogP contribution in [0.1, 0.15) is 28.4 Å². The lowest BCUT2D eigenvalue weighted by Gasteiger charge is -2.33. The van der Waals surface area contributed by atoms with Gasteiger partial charge >= 0.3 is 0 Å². The highest BCUT2D eigenvalue weighted by molar-refractivity contribution is 5.98. The molecule has 0 N–H and O–H groups in total. The first kappa shape index (κ1) is 21.6. The highest BCUT2D eigenvalue weighted by Gasteiger charge is 2.25. The molecule has 7 nitrogen and oxygen atoms in total. The minimum Gasteiger partial charge on any atom is -0.493 e. The average molecular weight is 410 g/mol. The van der Waals surface area contributed by atoms with Crippen LogP contribution in [0.3, 0.4) is 0 Å². The SMILES string of the molecule is COc1ccc(C(C)=O)c(OCC2CN(Cc3ccccc3C#N)CCO2)c1OC. The molecule has 1 heterocycles. The van der Waals surface area contributed by atoms with Crippen LogP contribution in [0.15, 0.2) is 36.4 Å². The van der Waals surface area contributed by atoms with Crippen LogP contribution in [-0.2, 0) is 11.3 Å². The molecule has 1 fully saturated rings. The summed E-state index contributed by atoms with van der Waals surface area (Å²) < 4.78 is 22.6. The maximum absolute atomic E-state index is 12.1. The van der Waals surface area contributed by atoms with Gasteiger partial charge in [0.05, 0.1) is 38.0 Å². The van der Waals surface area contributed by atoms with Crippen LogP contribution in [0.2, 0.25) is 0 Å². The Morgan fingerprint density at radius 3 is 2.70 bits per heavy atom. The quantitative estimate of drug-likeness (QED) is 0.619. The van der Waals surface area contributed by atoms with E-state index < -0.39 is 0 Å². The minimum atomic E-state index is -0.177. The van der Waals surface area contributed by atoms with Gasteiger partial charge < -0.3 is 18.9 Å². The van der Waals surface area contributed by atoms with E-state index in [0.29, 0.717) is 48.1 Å². The Morgan fingerprint density at radius 1 is 1.20 bits per heavy atom. The zero-order valence-corrected chi connectivity index (χ0v) is 17.5. The van der Waals surface area contributed by atoms with E-state index in [4.69, 9.17) is 18.9 Å². The van der Waals surface area contributed by atoms with Crippen LogP contribution in [0.4, 0.5) is 0 Å². The summed E-state index contributed by atoms with van der Waals surface area (Å²) >= 11 is 0. The van der Waals surface area contributed by atoms with Crippen molar-refractivity contribution in [3.8, 4) is 23.3 Å². The van der Waals surface area contributed by atoms with E-state index in [0.717, 1.165) is 12.1 Å². The summed E-state index contributed by atoms with van der Waals surface area (Å²) in [6.07, 6.45) is -0.177. The normalized spacial score (nSPS) is 16.5. The van der Waals surface area contributed by atoms with Gasteiger partial charge in [0.15, 0.2) is 17.3 Å². The van der Waals surface area contributed by atoms with Gasteiger partial charge in [-0.15, -0.1) is 0 Å². The van der Waals surface area contributed by atoms with Crippen molar-refractivity contribution in [2.24, 2.45) is 0 Å². The first-order valence-corrected chi connectivity index (χ1v) is 9.78. The molecule has 3 rings (SSSR count). The summed E-state index contributed by atoms with van der Waals surface area (Å²) in [6, 6.07) is 13.2. The van der Waals surface area contributed by atoms with Gasteiger partial charge in [-0.2, -0.15) is 5.26 Å². The third kappa shape index (κ3) is 4.90. The van der Waals surface area contributed by atoms with Crippen LogP contribution in [0, 0.1) is 11.3 Å². The molecule has 30 heavy (non-hydrogen) atoms. The van der Waals surface area contributed by atoms with Crippen LogP contribution < -0.4 is 14.2 Å². The standard InChI is InChI=1S/C23H26N2O5/c1-16(26)20-8-9-21(27-2)23(28-3)22(20)30-15-19-14-25(10-11-29-19)13-18-7-5-4-6-17(18)12-24/h4-9,19H,10-11,13-15H2,1-3H3. The first-order valence-electron chi connectivity index (χ1n) is 9.78. The van der Waals surface area contributed by atoms with Crippen LogP contribution in [0.25, 0.3) is 0 Å². The number of nitriles is 1. The summed E-state index contributed by atoms with van der Waals surface area (Å²) in [5.41, 5.74) is 2.11. The Hall–Kier alpha value is -3.08. The minimum absolute atomic E-state index is 0.120. The van der Waals surface area contributed by atoms with E-state index in [-0.39, 0.29) is 18.5 Å². The number of carbonyl (C=O) groups excluding carboxylic acids is 1. The lowest BCUT2D eigenvalue weighted by Crippen LogP contribution is -2.44. The van der Waals surface area contributed by atoms with E-state index in [1.165, 1.54) is 21.1 Å². The van der Waals surface area contributed by atoms with Crippen molar-refractivity contribution in [1.82, 2.24) is 4.90 Å². The molecule has 0 radical (unpaired) electrons. The van der Waals surface area contributed by atoms with Gasteiger partial charge in [0.1, 0.15) is 12.7 Å². The molecule has 1 atom stereocenters. The van der Waals surface area contributed by atoms with Crippen LogP contribution in [0.5, 0.6) is 17.2 Å². The van der Waals surface area contributed by atoms with Gasteiger partial charge in [-0.25, -0.2) is 0 Å². The predicted molar refractivity (Wildman–Crippen MR) is 111 cm³/mol. The zero-order valence-electron chi connectivity index (χ0n) is 17.5. The number of ketones is 1. The molecule has 1 aliphatic heterocycles. The van der Waals surface area contributed by atoms with Crippen molar-refractivity contribution in [3.63, 3.8) is 0 Å². The molecule has 1 aliphatic rings. The first-order chi connectivity index (χ1) is 14.6. The van der Waals surface area contributed by atoms with E-state index in [2.05, 4.69) is 11.0 Å². The third-order valence-corrected chi connectivity index (χ3v) is 5.05. The van der Waals surface area contributed by atoms with Gasteiger partial charge in [0.2, 0.25) is 5.75 Å². The van der Waals surface area contributed by atoms with E-state index in [9.17, 15) is 10.1 Å². The Morgan fingerprint density at radius 2 is 2.00 bits per heavy atom. The third-order valence-electron chi connectivity index (χ3n) is 5.05. The molecule has 0 saturated carbocycles. The molecule has 0 bridgehead atoms. The number of morpholine rings is 1. The lowest BCUT2D eigenvalue weighted by atomic mass is 10.1. The van der Waals surface area contributed by atoms with Crippen molar-refractivity contribution in [2.75, 3.05) is 40.5 Å². The Kier molecular flexibility index (Phi) is 7.28. The van der Waals surface area contributed by atoms with Gasteiger partial charge in [-0.1, -0.05) is 18.2 Å². The van der Waals surface area contributed by atoms with Crippen LogP contribution in [-0.4, -0.2) is 57.3 Å². The smallest absolute Gasteiger partial charge is 0.204 e. The number of rotatable bonds is 8. The number of Topliss-reactive ketones (excluding diaryl/α,β-unsaturated/α-hetero) is 1. The fraction of sp³-hybridized carbons (Fsp3) is 0.391. The van der Waals surface area contributed by atoms with Gasteiger partial charge in [0.25, 0.3) is 0 Å². The van der Waals surface area contributed by atoms with Crippen molar-refractivity contribution < 1.29 is 23.7 Å². The molecule has 7 heteroatoms. The molecule has 0 aromatic heterocycles. The van der Waals surface area contributed by atoms with Gasteiger partial charge in [-0.3, -0.25) is 9.69 Å². The molecular formula is C23H26N2O5. The predicted octanol–water partition coefficient (Wildman–Crippen LogP) is 3.06. The fourth-order valence-electron chi connectivity index (χ4n) is 3.53. The maximum atomic E-state index is 12.1. The summed E-state index contributed by atoms with van der Waals surface area (Å²) in [5.74, 6) is 1.13. The van der Waals surface area contributed by atoms with E-state index in [1.54, 1.807) is 12.1 Å². The van der Waals surface area contributed by atoms with Gasteiger partial charge in [0, 0.05) is 19.6 Å². The number of hydrogen-bond acceptors (Lipinski definition) is 7. The molecule has 0 spiro atoms. The molecule has 2 aromatic carbocycles. The number of ether oxygens (including phenoxy) is 4. The average Bonchev–Trinajstić information content (AvgIpc) is 2.77. The molecule has 0 amide bonds. The summed E-state index contributed by atoms with van der Waals surface area (Å²) in [5, 5.41) is 9.31. The van der Waals surface area contributed by atoms with E-state index in [1.807, 2.05) is 24.3 Å². The Labute approximate surface area is 176 Å². The fourth-order valence-corrected chi connectivity index (χ4v) is 3.53. The Bertz CT molecular complexity index is 938. The molecule has 158 valence electrons. The number of carbonyl (C=O) groups is 1. The van der Waals surface area contributed by atoms with Crippen molar-refractivity contribution in [2.45, 2.75) is 19.6 Å². The highest BCUT2D eigenvalue weighted by Crippen LogP contribution is 2.40. The lowest BCUT2D eigenvalue weighted by molar-refractivity contribution is -0.0507. The summed E-state index contributed by atoms with van der Waals surface area (Å²) in [7, 11) is 3.05. The molecule has 1 unspecified atom stereocenters. The van der Waals surface area contributed by atoms with Crippen molar-refractivity contribution >= 4 is 5.78 Å². The Balaban J connectivity index is 1.70. The monoisotopic (exact) mass is 410 g/mol. The molecular weight excluding hydrogens is 384 g/mol. The second-order valence-corrected chi connectivity index (χ2v) is 7.04. The largest absolute Gasteiger partial charge is 0.493 e. The van der Waals surface area contributed by atoms with Gasteiger partial charge in [-0.05, 0) is 30.7 Å². The highest BCUT2D eigenvalue weighted by atomic mass is 16.6. The number of benzene rings is 2. The molecule has 1 saturated heterocycles. The molecule has 0 aliphatic carbocycles. The maximum Gasteiger partial charge on any atom is 0.204 e. The van der Waals surface area contributed by atoms with Crippen molar-refractivity contribution in [1.29, 1.82) is 5.26 Å². The van der Waals surface area contributed by atoms with Crippen molar-refractivity contribution in [3.05, 3.63) is 53.1 Å². The zero-order chi connectivity index (χ0) is 21.5. The summed E-state index contributed by atoms with van der Waals surface area (Å²) in [4.78, 5) is 14.3. The number of methoxy groups -OCH3 is 2. The van der Waals surface area contributed by atoms with Crippen LogP contribution >= 0.6 is 0 Å². The second-order valence-electron chi connectivity index (χ2n) is 7.04. The topological polar surface area (TPSA) is 81.0 Å². The molecule has 2 aromatic rings. The second kappa shape index (κ2) is 10.1. The van der Waals surface area contributed by atoms with E-state index >= 15 is 0 Å². The summed E-state index contributed by atoms with van der Waals surface area (Å²) in [6.45, 7) is 4.42.